The Labute approximate surface area is 146 Å². The second-order valence-electron chi connectivity index (χ2n) is 5.33. The molecule has 1 aromatic rings. The van der Waals surface area contributed by atoms with Crippen LogP contribution in [-0.4, -0.2) is 48.3 Å². The molecular formula is C14H18Cl4N2O. The minimum absolute atomic E-state index is 0. The molecule has 7 heteroatoms. The summed E-state index contributed by atoms with van der Waals surface area (Å²) in [4.78, 5) is 15.7. The van der Waals surface area contributed by atoms with Crippen LogP contribution in [0.15, 0.2) is 12.1 Å². The van der Waals surface area contributed by atoms with Crippen molar-refractivity contribution < 1.29 is 4.79 Å². The second-order valence-corrected chi connectivity index (χ2v) is 6.49. The number of nitrogens with zero attached hydrogens (tertiary/aromatic N) is 2. The Morgan fingerprint density at radius 1 is 1.33 bits per heavy atom. The van der Waals surface area contributed by atoms with Gasteiger partial charge in [0.05, 0.1) is 0 Å². The standard InChI is InChI=1S/C14H17Cl3N2O.ClH/c1-18(2)10-3-4-19(7-10)8-11-12(15)5-9(14(17)20)6-13(11)16;/h5-6,10H,3-4,7-8H2,1-2H3;1H. The second kappa shape index (κ2) is 8.00. The molecule has 0 spiro atoms. The van der Waals surface area contributed by atoms with Gasteiger partial charge in [0, 0.05) is 46.8 Å². The van der Waals surface area contributed by atoms with Crippen LogP contribution in [0.2, 0.25) is 10.0 Å². The molecular weight excluding hydrogens is 354 g/mol. The summed E-state index contributed by atoms with van der Waals surface area (Å²) in [5.74, 6) is 0. The van der Waals surface area contributed by atoms with Crippen LogP contribution in [-0.2, 0) is 6.54 Å². The van der Waals surface area contributed by atoms with Crippen molar-refractivity contribution in [1.29, 1.82) is 0 Å². The van der Waals surface area contributed by atoms with Crippen LogP contribution in [0, 0.1) is 0 Å². The van der Waals surface area contributed by atoms with Crippen LogP contribution in [0.1, 0.15) is 22.3 Å². The predicted molar refractivity (Wildman–Crippen MR) is 91.3 cm³/mol. The minimum atomic E-state index is -0.547. The lowest BCUT2D eigenvalue weighted by Gasteiger charge is -2.21. The average Bonchev–Trinajstić information content (AvgIpc) is 2.82. The van der Waals surface area contributed by atoms with Gasteiger partial charge in [-0.05, 0) is 44.2 Å². The van der Waals surface area contributed by atoms with Crippen molar-refractivity contribution in [3.05, 3.63) is 33.3 Å². The van der Waals surface area contributed by atoms with Crippen molar-refractivity contribution in [2.24, 2.45) is 0 Å². The number of halogens is 4. The Bertz CT molecular complexity index is 499. The number of likely N-dealkylation sites (tertiary alicyclic amines) is 1. The summed E-state index contributed by atoms with van der Waals surface area (Å²) < 4.78 is 0. The Hall–Kier alpha value is -0.0300. The van der Waals surface area contributed by atoms with Gasteiger partial charge in [-0.25, -0.2) is 0 Å². The van der Waals surface area contributed by atoms with Gasteiger partial charge in [0.1, 0.15) is 0 Å². The maximum atomic E-state index is 11.2. The highest BCUT2D eigenvalue weighted by Crippen LogP contribution is 2.30. The van der Waals surface area contributed by atoms with E-state index in [2.05, 4.69) is 23.9 Å². The number of likely N-dealkylation sites (N-methyl/N-ethyl adjacent to an activating group) is 1. The zero-order chi connectivity index (χ0) is 14.9. The van der Waals surface area contributed by atoms with Crippen LogP contribution in [0.5, 0.6) is 0 Å². The molecule has 1 fully saturated rings. The van der Waals surface area contributed by atoms with E-state index in [9.17, 15) is 4.79 Å². The fourth-order valence-corrected chi connectivity index (χ4v) is 3.18. The Kier molecular flexibility index (Phi) is 7.25. The molecule has 1 heterocycles. The maximum Gasteiger partial charge on any atom is 0.252 e. The normalized spacial score (nSPS) is 18.9. The quantitative estimate of drug-likeness (QED) is 0.749. The van der Waals surface area contributed by atoms with Gasteiger partial charge in [0.15, 0.2) is 0 Å². The molecule has 1 aliphatic heterocycles. The van der Waals surface area contributed by atoms with E-state index in [1.165, 1.54) is 0 Å². The first kappa shape index (κ1) is 19.0. The molecule has 3 nitrogen and oxygen atoms in total. The molecule has 118 valence electrons. The summed E-state index contributed by atoms with van der Waals surface area (Å²) in [6.07, 6.45) is 1.14. The van der Waals surface area contributed by atoms with Crippen molar-refractivity contribution in [1.82, 2.24) is 9.80 Å². The van der Waals surface area contributed by atoms with Crippen molar-refractivity contribution in [3.8, 4) is 0 Å². The van der Waals surface area contributed by atoms with E-state index in [0.717, 1.165) is 25.1 Å². The van der Waals surface area contributed by atoms with Gasteiger partial charge in [-0.1, -0.05) is 23.2 Å². The van der Waals surface area contributed by atoms with E-state index in [1.807, 2.05) is 0 Å². The molecule has 1 aromatic carbocycles. The number of carbonyl (C=O) groups excluding carboxylic acids is 1. The van der Waals surface area contributed by atoms with Gasteiger partial charge in [-0.15, -0.1) is 12.4 Å². The van der Waals surface area contributed by atoms with Gasteiger partial charge in [0.25, 0.3) is 5.24 Å². The van der Waals surface area contributed by atoms with E-state index >= 15 is 0 Å². The lowest BCUT2D eigenvalue weighted by atomic mass is 10.1. The van der Waals surface area contributed by atoms with Crippen LogP contribution in [0.25, 0.3) is 0 Å². The van der Waals surface area contributed by atoms with Gasteiger partial charge in [-0.2, -0.15) is 0 Å². The van der Waals surface area contributed by atoms with E-state index in [-0.39, 0.29) is 12.4 Å². The first-order valence-corrected chi connectivity index (χ1v) is 7.58. The van der Waals surface area contributed by atoms with Crippen LogP contribution in [0.4, 0.5) is 0 Å². The summed E-state index contributed by atoms with van der Waals surface area (Å²) in [7, 11) is 4.18. The zero-order valence-electron chi connectivity index (χ0n) is 11.9. The SMILES string of the molecule is CN(C)C1CCN(Cc2c(Cl)cc(C(=O)Cl)cc2Cl)C1.Cl. The van der Waals surface area contributed by atoms with E-state index in [1.54, 1.807) is 12.1 Å². The zero-order valence-corrected chi connectivity index (χ0v) is 15.0. The topological polar surface area (TPSA) is 23.6 Å². The molecule has 2 rings (SSSR count). The van der Waals surface area contributed by atoms with Crippen LogP contribution >= 0.6 is 47.2 Å². The molecule has 1 saturated heterocycles. The summed E-state index contributed by atoms with van der Waals surface area (Å²) in [6, 6.07) is 3.73. The Morgan fingerprint density at radius 2 is 1.90 bits per heavy atom. The van der Waals surface area contributed by atoms with Crippen molar-refractivity contribution in [2.45, 2.75) is 19.0 Å². The van der Waals surface area contributed by atoms with E-state index in [0.29, 0.717) is 28.2 Å². The fraction of sp³-hybridized carbons (Fsp3) is 0.500. The number of benzene rings is 1. The summed E-state index contributed by atoms with van der Waals surface area (Å²) in [6.45, 7) is 2.71. The van der Waals surface area contributed by atoms with Crippen molar-refractivity contribution in [3.63, 3.8) is 0 Å². The van der Waals surface area contributed by atoms with Crippen LogP contribution in [0.3, 0.4) is 0 Å². The molecule has 1 unspecified atom stereocenters. The van der Waals surface area contributed by atoms with Gasteiger partial charge < -0.3 is 4.90 Å². The summed E-state index contributed by atoms with van der Waals surface area (Å²) in [5.41, 5.74) is 1.19. The van der Waals surface area contributed by atoms with Crippen LogP contribution < -0.4 is 0 Å². The number of rotatable bonds is 4. The highest BCUT2D eigenvalue weighted by atomic mass is 35.5. The summed E-state index contributed by atoms with van der Waals surface area (Å²) in [5, 5.41) is 0.443. The molecule has 1 aliphatic rings. The van der Waals surface area contributed by atoms with Crippen molar-refractivity contribution >= 4 is 52.5 Å². The van der Waals surface area contributed by atoms with Gasteiger partial charge in [0.2, 0.25) is 0 Å². The third kappa shape index (κ3) is 4.72. The Balaban J connectivity index is 0.00000220. The fourth-order valence-electron chi connectivity index (χ4n) is 2.47. The van der Waals surface area contributed by atoms with Gasteiger partial charge >= 0.3 is 0 Å². The largest absolute Gasteiger partial charge is 0.305 e. The molecule has 0 aliphatic carbocycles. The van der Waals surface area contributed by atoms with Crippen molar-refractivity contribution in [2.75, 3.05) is 27.2 Å². The molecule has 21 heavy (non-hydrogen) atoms. The predicted octanol–water partition coefficient (Wildman–Crippen LogP) is 3.93. The molecule has 0 N–H and O–H groups in total. The lowest BCUT2D eigenvalue weighted by molar-refractivity contribution is 0.108. The maximum absolute atomic E-state index is 11.2. The first-order valence-electron chi connectivity index (χ1n) is 6.45. The molecule has 0 amide bonds. The molecule has 0 radical (unpaired) electrons. The van der Waals surface area contributed by atoms with E-state index in [4.69, 9.17) is 34.8 Å². The molecule has 0 saturated carbocycles. The monoisotopic (exact) mass is 370 g/mol. The Morgan fingerprint density at radius 3 is 2.33 bits per heavy atom. The lowest BCUT2D eigenvalue weighted by Crippen LogP contribution is -2.31. The van der Waals surface area contributed by atoms with E-state index < -0.39 is 5.24 Å². The summed E-state index contributed by atoms with van der Waals surface area (Å²) >= 11 is 17.9. The smallest absolute Gasteiger partial charge is 0.252 e. The number of carbonyl (C=O) groups is 1. The number of hydrogen-bond donors (Lipinski definition) is 0. The molecule has 0 aromatic heterocycles. The molecule has 1 atom stereocenters. The van der Waals surface area contributed by atoms with Gasteiger partial charge in [-0.3, -0.25) is 9.69 Å². The average molecular weight is 372 g/mol. The highest BCUT2D eigenvalue weighted by molar-refractivity contribution is 6.68. The highest BCUT2D eigenvalue weighted by Gasteiger charge is 2.25. The molecule has 0 bridgehead atoms. The first-order chi connectivity index (χ1) is 9.38. The minimum Gasteiger partial charge on any atom is -0.305 e. The number of hydrogen-bond acceptors (Lipinski definition) is 3. The third-order valence-electron chi connectivity index (χ3n) is 3.73. The third-order valence-corrected chi connectivity index (χ3v) is 4.62.